The molecular formula is C11H12N2O2. The Hall–Kier alpha value is -1.84. The minimum Gasteiger partial charge on any atom is -0.481 e. The highest BCUT2D eigenvalue weighted by molar-refractivity contribution is 5.67. The highest BCUT2D eigenvalue weighted by Gasteiger charge is 2.06. The molecule has 0 aromatic carbocycles. The first-order valence-corrected chi connectivity index (χ1v) is 4.82. The summed E-state index contributed by atoms with van der Waals surface area (Å²) in [4.78, 5) is 14.7. The number of fused-ring (bicyclic) bond motifs is 1. The fraction of sp³-hybridized carbons (Fsp3) is 0.273. The maximum atomic E-state index is 10.5. The van der Waals surface area contributed by atoms with Gasteiger partial charge in [-0.15, -0.1) is 0 Å². The largest absolute Gasteiger partial charge is 0.481 e. The summed E-state index contributed by atoms with van der Waals surface area (Å²) < 4.78 is 1.97. The van der Waals surface area contributed by atoms with E-state index in [4.69, 9.17) is 5.11 Å². The summed E-state index contributed by atoms with van der Waals surface area (Å²) in [7, 11) is 0. The smallest absolute Gasteiger partial charge is 0.303 e. The van der Waals surface area contributed by atoms with E-state index in [0.717, 1.165) is 16.9 Å². The molecule has 2 rings (SSSR count). The van der Waals surface area contributed by atoms with Gasteiger partial charge in [0.15, 0.2) is 0 Å². The molecule has 15 heavy (non-hydrogen) atoms. The van der Waals surface area contributed by atoms with Crippen LogP contribution in [0.25, 0.3) is 5.52 Å². The molecule has 78 valence electrons. The van der Waals surface area contributed by atoms with Crippen molar-refractivity contribution in [2.24, 2.45) is 0 Å². The predicted octanol–water partition coefficient (Wildman–Crippen LogP) is 1.66. The van der Waals surface area contributed by atoms with E-state index in [-0.39, 0.29) is 6.42 Å². The van der Waals surface area contributed by atoms with Gasteiger partial charge in [0.1, 0.15) is 0 Å². The van der Waals surface area contributed by atoms with Gasteiger partial charge in [0.25, 0.3) is 0 Å². The lowest BCUT2D eigenvalue weighted by Gasteiger charge is -1.99. The molecule has 2 aromatic rings. The van der Waals surface area contributed by atoms with Crippen molar-refractivity contribution in [3.8, 4) is 0 Å². The minimum absolute atomic E-state index is 0.126. The molecule has 4 nitrogen and oxygen atoms in total. The minimum atomic E-state index is -0.788. The van der Waals surface area contributed by atoms with Gasteiger partial charge in [-0.05, 0) is 19.1 Å². The second-order valence-electron chi connectivity index (χ2n) is 3.51. The second kappa shape index (κ2) is 3.73. The van der Waals surface area contributed by atoms with Crippen LogP contribution in [0.2, 0.25) is 0 Å². The molecule has 0 aliphatic rings. The topological polar surface area (TPSA) is 54.6 Å². The Morgan fingerprint density at radius 3 is 3.07 bits per heavy atom. The van der Waals surface area contributed by atoms with E-state index in [1.165, 1.54) is 0 Å². The first-order valence-electron chi connectivity index (χ1n) is 4.82. The van der Waals surface area contributed by atoms with Gasteiger partial charge in [-0.25, -0.2) is 4.98 Å². The molecule has 0 aliphatic heterocycles. The summed E-state index contributed by atoms with van der Waals surface area (Å²) in [6.07, 6.45) is 2.34. The van der Waals surface area contributed by atoms with Gasteiger partial charge in [0.2, 0.25) is 0 Å². The van der Waals surface area contributed by atoms with Crippen molar-refractivity contribution in [2.75, 3.05) is 0 Å². The van der Waals surface area contributed by atoms with Crippen molar-refractivity contribution >= 4 is 11.5 Å². The molecule has 0 aliphatic carbocycles. The zero-order valence-corrected chi connectivity index (χ0v) is 8.47. The molecule has 0 radical (unpaired) electrons. The summed E-state index contributed by atoms with van der Waals surface area (Å²) in [5.41, 5.74) is 2.94. The van der Waals surface area contributed by atoms with Crippen LogP contribution < -0.4 is 0 Å². The second-order valence-corrected chi connectivity index (χ2v) is 3.51. The summed E-state index contributed by atoms with van der Waals surface area (Å²) in [6, 6.07) is 5.91. The molecule has 2 aromatic heterocycles. The van der Waals surface area contributed by atoms with Crippen LogP contribution in [0, 0.1) is 6.92 Å². The van der Waals surface area contributed by atoms with Crippen molar-refractivity contribution in [2.45, 2.75) is 19.8 Å². The highest BCUT2D eigenvalue weighted by Crippen LogP contribution is 2.13. The van der Waals surface area contributed by atoms with Crippen LogP contribution in [-0.4, -0.2) is 20.5 Å². The fourth-order valence-corrected chi connectivity index (χ4v) is 1.63. The number of imidazole rings is 1. The lowest BCUT2D eigenvalue weighted by molar-refractivity contribution is -0.136. The van der Waals surface area contributed by atoms with Crippen molar-refractivity contribution in [3.63, 3.8) is 0 Å². The number of pyridine rings is 1. The number of aliphatic carboxylic acids is 1. The monoisotopic (exact) mass is 204 g/mol. The summed E-state index contributed by atoms with van der Waals surface area (Å²) in [6.45, 7) is 2.00. The average molecular weight is 204 g/mol. The average Bonchev–Trinajstić information content (AvgIpc) is 2.59. The van der Waals surface area contributed by atoms with Gasteiger partial charge in [0.05, 0.1) is 24.0 Å². The van der Waals surface area contributed by atoms with Crippen LogP contribution in [0.1, 0.15) is 17.8 Å². The Bertz CT molecular complexity index is 502. The molecule has 0 saturated heterocycles. The van der Waals surface area contributed by atoms with E-state index in [9.17, 15) is 4.79 Å². The zero-order chi connectivity index (χ0) is 10.8. The third-order valence-corrected chi connectivity index (χ3v) is 2.43. The maximum Gasteiger partial charge on any atom is 0.303 e. The Labute approximate surface area is 87.2 Å². The first-order chi connectivity index (χ1) is 7.18. The quantitative estimate of drug-likeness (QED) is 0.827. The molecule has 0 bridgehead atoms. The number of hydrogen-bond acceptors (Lipinski definition) is 2. The van der Waals surface area contributed by atoms with Gasteiger partial charge in [0, 0.05) is 12.1 Å². The van der Waals surface area contributed by atoms with E-state index >= 15 is 0 Å². The normalized spacial score (nSPS) is 10.7. The lowest BCUT2D eigenvalue weighted by Crippen LogP contribution is -1.98. The van der Waals surface area contributed by atoms with Crippen LogP contribution in [0.15, 0.2) is 24.5 Å². The van der Waals surface area contributed by atoms with Gasteiger partial charge in [-0.2, -0.15) is 0 Å². The number of rotatable bonds is 3. The number of carboxylic acids is 1. The number of hydrogen-bond donors (Lipinski definition) is 1. The van der Waals surface area contributed by atoms with Crippen LogP contribution in [0.3, 0.4) is 0 Å². The third kappa shape index (κ3) is 1.83. The molecule has 1 N–H and O–H groups in total. The Morgan fingerprint density at radius 2 is 2.33 bits per heavy atom. The molecule has 2 heterocycles. The van der Waals surface area contributed by atoms with E-state index < -0.39 is 5.97 Å². The Kier molecular flexibility index (Phi) is 2.41. The van der Waals surface area contributed by atoms with Crippen LogP contribution in [0.5, 0.6) is 0 Å². The van der Waals surface area contributed by atoms with Gasteiger partial charge in [-0.1, -0.05) is 6.07 Å². The summed E-state index contributed by atoms with van der Waals surface area (Å²) in [5, 5.41) is 8.60. The summed E-state index contributed by atoms with van der Waals surface area (Å²) in [5.74, 6) is -0.788. The standard InChI is InChI=1S/C11H12N2O2/c1-8-3-2-4-10-9(5-6-11(14)15)12-7-13(8)10/h2-4,7H,5-6H2,1H3,(H,14,15). The Balaban J connectivity index is 2.37. The summed E-state index contributed by atoms with van der Waals surface area (Å²) >= 11 is 0. The van der Waals surface area contributed by atoms with Crippen LogP contribution in [0.4, 0.5) is 0 Å². The molecule has 0 fully saturated rings. The van der Waals surface area contributed by atoms with Crippen molar-refractivity contribution < 1.29 is 9.90 Å². The first kappa shape index (κ1) is 9.71. The third-order valence-electron chi connectivity index (χ3n) is 2.43. The number of carbonyl (C=O) groups is 1. The molecule has 4 heteroatoms. The number of aromatic nitrogens is 2. The molecule has 0 unspecified atom stereocenters. The van der Waals surface area contributed by atoms with Gasteiger partial charge < -0.3 is 9.51 Å². The zero-order valence-electron chi connectivity index (χ0n) is 8.47. The van der Waals surface area contributed by atoms with E-state index in [1.54, 1.807) is 6.33 Å². The van der Waals surface area contributed by atoms with Crippen LogP contribution in [-0.2, 0) is 11.2 Å². The van der Waals surface area contributed by atoms with Crippen LogP contribution >= 0.6 is 0 Å². The van der Waals surface area contributed by atoms with Crippen molar-refractivity contribution in [3.05, 3.63) is 35.9 Å². The molecule has 0 atom stereocenters. The van der Waals surface area contributed by atoms with E-state index in [2.05, 4.69) is 4.98 Å². The number of aryl methyl sites for hydroxylation is 2. The fourth-order valence-electron chi connectivity index (χ4n) is 1.63. The van der Waals surface area contributed by atoms with E-state index in [1.807, 2.05) is 29.5 Å². The number of nitrogens with zero attached hydrogens (tertiary/aromatic N) is 2. The van der Waals surface area contributed by atoms with Gasteiger partial charge in [-0.3, -0.25) is 4.79 Å². The lowest BCUT2D eigenvalue weighted by atomic mass is 10.2. The SMILES string of the molecule is Cc1cccc2c(CCC(=O)O)ncn12. The Morgan fingerprint density at radius 1 is 1.53 bits per heavy atom. The molecule has 0 spiro atoms. The molecular weight excluding hydrogens is 192 g/mol. The maximum absolute atomic E-state index is 10.5. The van der Waals surface area contributed by atoms with Crippen molar-refractivity contribution in [1.29, 1.82) is 0 Å². The predicted molar refractivity (Wildman–Crippen MR) is 55.9 cm³/mol. The van der Waals surface area contributed by atoms with Gasteiger partial charge >= 0.3 is 5.97 Å². The molecule has 0 saturated carbocycles. The van der Waals surface area contributed by atoms with Crippen molar-refractivity contribution in [1.82, 2.24) is 9.38 Å². The number of carboxylic acid groups (broad SMARTS) is 1. The molecule has 0 amide bonds. The highest BCUT2D eigenvalue weighted by atomic mass is 16.4. The van der Waals surface area contributed by atoms with E-state index in [0.29, 0.717) is 6.42 Å².